The molecule has 2 heterocycles. The summed E-state index contributed by atoms with van der Waals surface area (Å²) in [5, 5.41) is 18.0. The molecule has 8 heteroatoms. The summed E-state index contributed by atoms with van der Waals surface area (Å²) in [6.07, 6.45) is 5.22. The average molecular weight is 449 g/mol. The Morgan fingerprint density at radius 2 is 2.00 bits per heavy atom. The minimum Gasteiger partial charge on any atom is -0.386 e. The van der Waals surface area contributed by atoms with Crippen LogP contribution >= 0.6 is 23.3 Å². The van der Waals surface area contributed by atoms with E-state index in [2.05, 4.69) is 19.2 Å². The van der Waals surface area contributed by atoms with E-state index in [0.717, 1.165) is 63.8 Å². The number of amides is 2. The molecule has 30 heavy (non-hydrogen) atoms. The van der Waals surface area contributed by atoms with Crippen molar-refractivity contribution >= 4 is 35.0 Å². The number of anilines is 1. The molecular weight excluding hydrogens is 416 g/mol. The Hall–Kier alpha value is -1.61. The number of nitrogens with two attached hydrogens (primary N) is 2. The van der Waals surface area contributed by atoms with Crippen LogP contribution in [0.25, 0.3) is 0 Å². The number of carbonyl (C=O) groups is 1. The first-order valence-corrected chi connectivity index (χ1v) is 11.9. The Morgan fingerprint density at radius 3 is 2.53 bits per heavy atom. The van der Waals surface area contributed by atoms with Crippen molar-refractivity contribution in [2.75, 3.05) is 5.32 Å². The van der Waals surface area contributed by atoms with Gasteiger partial charge in [-0.1, -0.05) is 13.8 Å². The van der Waals surface area contributed by atoms with Gasteiger partial charge in [0.05, 0.1) is 21.2 Å². The quantitative estimate of drug-likeness (QED) is 0.515. The first-order chi connectivity index (χ1) is 13.9. The van der Waals surface area contributed by atoms with E-state index in [4.69, 9.17) is 15.9 Å². The highest BCUT2D eigenvalue weighted by molar-refractivity contribution is 7.99. The van der Waals surface area contributed by atoms with E-state index >= 15 is 0 Å². The maximum Gasteiger partial charge on any atom is 0.316 e. The maximum absolute atomic E-state index is 11.2. The van der Waals surface area contributed by atoms with E-state index < -0.39 is 11.6 Å². The molecule has 0 bridgehead atoms. The number of nitrogens with one attached hydrogen (secondary N) is 1. The van der Waals surface area contributed by atoms with Crippen LogP contribution in [0.2, 0.25) is 0 Å². The van der Waals surface area contributed by atoms with Crippen LogP contribution in [0.4, 0.5) is 10.5 Å². The van der Waals surface area contributed by atoms with Gasteiger partial charge in [0.25, 0.3) is 0 Å². The highest BCUT2D eigenvalue weighted by Gasteiger charge is 2.36. The van der Waals surface area contributed by atoms with Crippen molar-refractivity contribution in [3.05, 3.63) is 39.0 Å². The van der Waals surface area contributed by atoms with Crippen LogP contribution in [0.1, 0.15) is 73.5 Å². The fourth-order valence-electron chi connectivity index (χ4n) is 4.38. The molecule has 6 nitrogen and oxygen atoms in total. The molecule has 0 aliphatic heterocycles. The highest BCUT2D eigenvalue weighted by atomic mass is 32.2. The van der Waals surface area contributed by atoms with Gasteiger partial charge in [-0.2, -0.15) is 0 Å². The van der Waals surface area contributed by atoms with E-state index in [0.29, 0.717) is 0 Å². The number of nitrogens with zero attached hydrogens (tertiary/aromatic N) is 1. The number of carbonyl (C=O) groups excluding carboxylic acids is 1. The van der Waals surface area contributed by atoms with Gasteiger partial charge in [0.1, 0.15) is 0 Å². The fourth-order valence-corrected chi connectivity index (χ4v) is 6.03. The molecule has 0 saturated carbocycles. The number of pyridine rings is 1. The number of fused-ring (bicyclic) bond motifs is 2. The Balaban J connectivity index is 0.000000187. The Morgan fingerprint density at radius 1 is 1.30 bits per heavy atom. The van der Waals surface area contributed by atoms with Gasteiger partial charge in [0, 0.05) is 16.0 Å². The van der Waals surface area contributed by atoms with Gasteiger partial charge in [0.15, 0.2) is 0 Å². The lowest BCUT2D eigenvalue weighted by molar-refractivity contribution is 0.0783. The third-order valence-corrected chi connectivity index (χ3v) is 7.62. The Kier molecular flexibility index (Phi) is 6.53. The lowest BCUT2D eigenvalue weighted by Crippen LogP contribution is -2.22. The van der Waals surface area contributed by atoms with E-state index in [-0.39, 0.29) is 5.41 Å². The summed E-state index contributed by atoms with van der Waals surface area (Å²) >= 11 is 2.85. The van der Waals surface area contributed by atoms with Gasteiger partial charge in [-0.3, -0.25) is 10.1 Å². The summed E-state index contributed by atoms with van der Waals surface area (Å²) in [5.41, 5.74) is 11.3. The zero-order valence-electron chi connectivity index (χ0n) is 18.4. The van der Waals surface area contributed by atoms with Gasteiger partial charge in [0.2, 0.25) is 0 Å². The van der Waals surface area contributed by atoms with Gasteiger partial charge in [-0.05, 0) is 87.6 Å². The van der Waals surface area contributed by atoms with Gasteiger partial charge in [-0.25, -0.2) is 4.79 Å². The minimum absolute atomic E-state index is 0.112. The SMILES string of the molecule is CC1(C)CCc2c1nc1c(c2NC(N)=O)CCC1.Cc1sc(SN)cc1C(C)(C)O. The van der Waals surface area contributed by atoms with Crippen LogP contribution in [0.15, 0.2) is 10.3 Å². The summed E-state index contributed by atoms with van der Waals surface area (Å²) in [6, 6.07) is 1.48. The largest absolute Gasteiger partial charge is 0.386 e. The first kappa shape index (κ1) is 23.1. The number of rotatable bonds is 3. The average Bonchev–Trinajstić information content (AvgIpc) is 3.32. The molecule has 0 unspecified atom stereocenters. The maximum atomic E-state index is 11.2. The summed E-state index contributed by atoms with van der Waals surface area (Å²) in [5.74, 6) is 0. The second-order valence-electron chi connectivity index (χ2n) is 9.18. The molecule has 2 amide bonds. The topological polar surface area (TPSA) is 114 Å². The molecule has 0 saturated heterocycles. The lowest BCUT2D eigenvalue weighted by Gasteiger charge is -2.20. The molecule has 0 atom stereocenters. The van der Waals surface area contributed by atoms with Crippen LogP contribution in [0, 0.1) is 6.92 Å². The van der Waals surface area contributed by atoms with Crippen LogP contribution in [0.5, 0.6) is 0 Å². The predicted octanol–water partition coefficient (Wildman–Crippen LogP) is 4.53. The third-order valence-electron chi connectivity index (χ3n) is 5.88. The molecule has 4 rings (SSSR count). The zero-order chi connectivity index (χ0) is 22.3. The van der Waals surface area contributed by atoms with E-state index in [1.165, 1.54) is 23.1 Å². The Labute approximate surface area is 187 Å². The van der Waals surface area contributed by atoms with Crippen molar-refractivity contribution in [2.24, 2.45) is 10.9 Å². The summed E-state index contributed by atoms with van der Waals surface area (Å²) in [4.78, 5) is 17.2. The second-order valence-corrected chi connectivity index (χ2v) is 11.4. The number of hydrogen-bond acceptors (Lipinski definition) is 6. The summed E-state index contributed by atoms with van der Waals surface area (Å²) in [6.45, 7) is 10.0. The number of urea groups is 1. The second kappa shape index (κ2) is 8.49. The normalized spacial score (nSPS) is 16.5. The van der Waals surface area contributed by atoms with Crippen molar-refractivity contribution in [1.82, 2.24) is 4.98 Å². The van der Waals surface area contributed by atoms with Gasteiger partial charge >= 0.3 is 6.03 Å². The van der Waals surface area contributed by atoms with Crippen molar-refractivity contribution in [1.29, 1.82) is 0 Å². The molecule has 0 aromatic carbocycles. The van der Waals surface area contributed by atoms with Gasteiger partial charge < -0.3 is 16.2 Å². The molecule has 6 N–H and O–H groups in total. The predicted molar refractivity (Wildman–Crippen MR) is 125 cm³/mol. The third kappa shape index (κ3) is 4.66. The molecule has 2 aromatic heterocycles. The summed E-state index contributed by atoms with van der Waals surface area (Å²) in [7, 11) is 0. The molecule has 0 fully saturated rings. The van der Waals surface area contributed by atoms with Crippen molar-refractivity contribution in [2.45, 2.75) is 81.9 Å². The van der Waals surface area contributed by atoms with Crippen LogP contribution in [0.3, 0.4) is 0 Å². The number of thiophene rings is 1. The van der Waals surface area contributed by atoms with Crippen molar-refractivity contribution in [3.63, 3.8) is 0 Å². The molecule has 164 valence electrons. The van der Waals surface area contributed by atoms with Crippen LogP contribution in [-0.4, -0.2) is 16.1 Å². The minimum atomic E-state index is -0.755. The molecule has 2 aromatic rings. The Bertz CT molecular complexity index is 961. The smallest absolute Gasteiger partial charge is 0.316 e. The van der Waals surface area contributed by atoms with Crippen molar-refractivity contribution < 1.29 is 9.90 Å². The lowest BCUT2D eigenvalue weighted by atomic mass is 9.90. The van der Waals surface area contributed by atoms with Crippen LogP contribution < -0.4 is 16.2 Å². The molecule has 0 radical (unpaired) electrons. The number of aromatic nitrogens is 1. The van der Waals surface area contributed by atoms with Crippen molar-refractivity contribution in [3.8, 4) is 0 Å². The van der Waals surface area contributed by atoms with E-state index in [9.17, 15) is 9.90 Å². The molecule has 2 aliphatic carbocycles. The molecule has 2 aliphatic rings. The number of aryl methyl sites for hydroxylation is 2. The van der Waals surface area contributed by atoms with E-state index in [1.807, 2.05) is 13.0 Å². The van der Waals surface area contributed by atoms with E-state index in [1.54, 1.807) is 25.2 Å². The zero-order valence-corrected chi connectivity index (χ0v) is 20.0. The first-order valence-electron chi connectivity index (χ1n) is 10.3. The summed E-state index contributed by atoms with van der Waals surface area (Å²) < 4.78 is 1.05. The fraction of sp³-hybridized carbons (Fsp3) is 0.545. The molecular formula is C22H32N4O2S2. The highest BCUT2D eigenvalue weighted by Crippen LogP contribution is 2.44. The number of hydrogen-bond donors (Lipinski definition) is 4. The number of aliphatic hydroxyl groups is 1. The molecule has 0 spiro atoms. The van der Waals surface area contributed by atoms with Gasteiger partial charge in [-0.15, -0.1) is 11.3 Å². The standard InChI is InChI=1S/C14H19N3O.C8H13NOS2/c1-14(2)7-6-9-11(17-13(15)18)8-4-3-5-10(8)16-12(9)14;1-5-6(8(2,3)10)4-7(11-5)12-9/h3-7H2,1-2H3,(H3,15,16,17,18);4,10H,9H2,1-3H3. The van der Waals surface area contributed by atoms with Crippen LogP contribution in [-0.2, 0) is 30.3 Å². The number of primary amides is 1. The monoisotopic (exact) mass is 448 g/mol.